The zero-order chi connectivity index (χ0) is 13.5. The largest absolute Gasteiger partial charge is 0.300 e. The van der Waals surface area contributed by atoms with Crippen LogP contribution in [0, 0.1) is 11.8 Å². The van der Waals surface area contributed by atoms with Gasteiger partial charge in [-0.05, 0) is 50.5 Å². The van der Waals surface area contributed by atoms with Gasteiger partial charge in [-0.15, -0.1) is 0 Å². The van der Waals surface area contributed by atoms with Crippen molar-refractivity contribution >= 4 is 10.2 Å². The molecule has 0 bridgehead atoms. The Morgan fingerprint density at radius 2 is 1.89 bits per heavy atom. The molecule has 1 saturated heterocycles. The van der Waals surface area contributed by atoms with E-state index in [0.29, 0.717) is 24.9 Å². The number of hydrogen-bond donors (Lipinski definition) is 1. The fraction of sp³-hybridized carbons (Fsp3) is 1.00. The molecule has 0 aromatic carbocycles. The molecule has 3 rings (SSSR count). The van der Waals surface area contributed by atoms with Gasteiger partial charge in [0.15, 0.2) is 0 Å². The van der Waals surface area contributed by atoms with Crippen molar-refractivity contribution in [1.29, 1.82) is 0 Å². The first-order chi connectivity index (χ1) is 9.04. The van der Waals surface area contributed by atoms with Gasteiger partial charge in [0.25, 0.3) is 10.2 Å². The maximum Gasteiger partial charge on any atom is 0.279 e. The van der Waals surface area contributed by atoms with Gasteiger partial charge in [-0.1, -0.05) is 0 Å². The molecule has 0 aromatic rings. The van der Waals surface area contributed by atoms with Crippen LogP contribution in [0.4, 0.5) is 0 Å². The van der Waals surface area contributed by atoms with E-state index >= 15 is 0 Å². The van der Waals surface area contributed by atoms with Crippen LogP contribution < -0.4 is 4.72 Å². The van der Waals surface area contributed by atoms with Crippen molar-refractivity contribution in [3.8, 4) is 0 Å². The molecular formula is C13H25N3O2S. The maximum absolute atomic E-state index is 12.1. The van der Waals surface area contributed by atoms with Crippen LogP contribution in [-0.4, -0.2) is 56.9 Å². The van der Waals surface area contributed by atoms with E-state index < -0.39 is 10.2 Å². The second-order valence-electron chi connectivity index (χ2n) is 6.46. The van der Waals surface area contributed by atoms with E-state index in [-0.39, 0.29) is 0 Å². The number of rotatable bonds is 7. The van der Waals surface area contributed by atoms with Crippen molar-refractivity contribution in [2.45, 2.75) is 38.1 Å². The lowest BCUT2D eigenvalue weighted by atomic mass is 10.1. The third-order valence-electron chi connectivity index (χ3n) is 4.56. The molecule has 3 aliphatic rings. The normalized spacial score (nSPS) is 29.3. The van der Waals surface area contributed by atoms with Crippen molar-refractivity contribution in [2.75, 3.05) is 33.2 Å². The zero-order valence-electron chi connectivity index (χ0n) is 11.7. The molecule has 1 aliphatic heterocycles. The minimum atomic E-state index is -3.26. The van der Waals surface area contributed by atoms with Crippen LogP contribution in [0.2, 0.25) is 0 Å². The van der Waals surface area contributed by atoms with Crippen molar-refractivity contribution in [2.24, 2.45) is 11.8 Å². The van der Waals surface area contributed by atoms with Crippen molar-refractivity contribution in [1.82, 2.24) is 13.9 Å². The Morgan fingerprint density at radius 1 is 1.16 bits per heavy atom. The van der Waals surface area contributed by atoms with Gasteiger partial charge in [-0.3, -0.25) is 0 Å². The van der Waals surface area contributed by atoms with Crippen LogP contribution in [0.15, 0.2) is 0 Å². The highest BCUT2D eigenvalue weighted by molar-refractivity contribution is 7.87. The average molecular weight is 287 g/mol. The molecule has 0 radical (unpaired) electrons. The molecule has 3 fully saturated rings. The summed E-state index contributed by atoms with van der Waals surface area (Å²) in [5.74, 6) is 1.09. The Bertz CT molecular complexity index is 418. The van der Waals surface area contributed by atoms with E-state index in [1.165, 1.54) is 30.0 Å². The lowest BCUT2D eigenvalue weighted by molar-refractivity contribution is 0.313. The fourth-order valence-electron chi connectivity index (χ4n) is 2.90. The molecule has 0 spiro atoms. The van der Waals surface area contributed by atoms with Crippen LogP contribution in [0.3, 0.4) is 0 Å². The van der Waals surface area contributed by atoms with Gasteiger partial charge in [-0.25, -0.2) is 4.72 Å². The second kappa shape index (κ2) is 5.31. The standard InChI is InChI=1S/C13H25N3O2S/c1-15(9-11-2-3-11)19(17,18)14-8-12-6-7-16(10-12)13-4-5-13/h11-14H,2-10H2,1H3. The molecule has 6 heteroatoms. The van der Waals surface area contributed by atoms with Crippen LogP contribution >= 0.6 is 0 Å². The Balaban J connectivity index is 1.42. The van der Waals surface area contributed by atoms with E-state index in [0.717, 1.165) is 25.6 Å². The van der Waals surface area contributed by atoms with E-state index in [2.05, 4.69) is 9.62 Å². The highest BCUT2D eigenvalue weighted by Gasteiger charge is 2.35. The molecule has 5 nitrogen and oxygen atoms in total. The molecule has 2 aliphatic carbocycles. The summed E-state index contributed by atoms with van der Waals surface area (Å²) in [6.07, 6.45) is 6.16. The van der Waals surface area contributed by atoms with Gasteiger partial charge < -0.3 is 4.90 Å². The van der Waals surface area contributed by atoms with E-state index in [1.807, 2.05) is 0 Å². The van der Waals surface area contributed by atoms with Crippen LogP contribution in [0.5, 0.6) is 0 Å². The molecule has 1 unspecified atom stereocenters. The third-order valence-corrected chi connectivity index (χ3v) is 6.06. The molecule has 2 saturated carbocycles. The molecule has 1 N–H and O–H groups in total. The van der Waals surface area contributed by atoms with Crippen LogP contribution in [-0.2, 0) is 10.2 Å². The van der Waals surface area contributed by atoms with Crippen molar-refractivity contribution in [3.63, 3.8) is 0 Å². The van der Waals surface area contributed by atoms with Gasteiger partial charge in [0.1, 0.15) is 0 Å². The van der Waals surface area contributed by atoms with E-state index in [4.69, 9.17) is 0 Å². The number of likely N-dealkylation sites (tertiary alicyclic amines) is 1. The van der Waals surface area contributed by atoms with Crippen molar-refractivity contribution in [3.05, 3.63) is 0 Å². The number of nitrogens with zero attached hydrogens (tertiary/aromatic N) is 2. The Kier molecular flexibility index (Phi) is 3.86. The summed E-state index contributed by atoms with van der Waals surface area (Å²) in [5, 5.41) is 0. The molecule has 0 amide bonds. The minimum absolute atomic E-state index is 0.490. The lowest BCUT2D eigenvalue weighted by Gasteiger charge is -2.19. The van der Waals surface area contributed by atoms with Gasteiger partial charge in [0, 0.05) is 32.7 Å². The summed E-state index contributed by atoms with van der Waals surface area (Å²) >= 11 is 0. The Labute approximate surface area is 116 Å². The SMILES string of the molecule is CN(CC1CC1)S(=O)(=O)NCC1CCN(C2CC2)C1. The summed E-state index contributed by atoms with van der Waals surface area (Å²) in [7, 11) is -1.57. The first-order valence-electron chi connectivity index (χ1n) is 7.49. The molecule has 1 heterocycles. The first-order valence-corrected chi connectivity index (χ1v) is 8.93. The molecule has 1 atom stereocenters. The summed E-state index contributed by atoms with van der Waals surface area (Å²) < 4.78 is 28.4. The van der Waals surface area contributed by atoms with Gasteiger partial charge in [0.2, 0.25) is 0 Å². The maximum atomic E-state index is 12.1. The second-order valence-corrected chi connectivity index (χ2v) is 8.32. The number of hydrogen-bond acceptors (Lipinski definition) is 3. The smallest absolute Gasteiger partial charge is 0.279 e. The monoisotopic (exact) mass is 287 g/mol. The van der Waals surface area contributed by atoms with Crippen LogP contribution in [0.25, 0.3) is 0 Å². The highest BCUT2D eigenvalue weighted by atomic mass is 32.2. The quantitative estimate of drug-likeness (QED) is 0.748. The summed E-state index contributed by atoms with van der Waals surface area (Å²) in [6.45, 7) is 3.49. The molecular weight excluding hydrogens is 262 g/mol. The summed E-state index contributed by atoms with van der Waals surface area (Å²) in [4.78, 5) is 2.52. The van der Waals surface area contributed by atoms with Gasteiger partial charge in [-0.2, -0.15) is 12.7 Å². The summed E-state index contributed by atoms with van der Waals surface area (Å²) in [5.41, 5.74) is 0. The first kappa shape index (κ1) is 13.8. The van der Waals surface area contributed by atoms with Gasteiger partial charge in [0.05, 0.1) is 0 Å². The van der Waals surface area contributed by atoms with Gasteiger partial charge >= 0.3 is 0 Å². The predicted molar refractivity (Wildman–Crippen MR) is 75.0 cm³/mol. The number of nitrogens with one attached hydrogen (secondary N) is 1. The van der Waals surface area contributed by atoms with E-state index in [1.54, 1.807) is 7.05 Å². The molecule has 0 aromatic heterocycles. The predicted octanol–water partition coefficient (Wildman–Crippen LogP) is 0.647. The molecule has 19 heavy (non-hydrogen) atoms. The highest BCUT2D eigenvalue weighted by Crippen LogP contribution is 2.32. The Morgan fingerprint density at radius 3 is 2.53 bits per heavy atom. The van der Waals surface area contributed by atoms with Crippen molar-refractivity contribution < 1.29 is 8.42 Å². The topological polar surface area (TPSA) is 52.7 Å². The lowest BCUT2D eigenvalue weighted by Crippen LogP contribution is -2.41. The molecule has 110 valence electrons. The summed E-state index contributed by atoms with van der Waals surface area (Å²) in [6, 6.07) is 0.805. The zero-order valence-corrected chi connectivity index (χ0v) is 12.5. The Hall–Kier alpha value is -0.170. The minimum Gasteiger partial charge on any atom is -0.300 e. The average Bonchev–Trinajstić information content (AvgIpc) is 3.28. The van der Waals surface area contributed by atoms with Crippen LogP contribution in [0.1, 0.15) is 32.1 Å². The van der Waals surface area contributed by atoms with E-state index in [9.17, 15) is 8.42 Å². The third kappa shape index (κ3) is 3.68. The fourth-order valence-corrected chi connectivity index (χ4v) is 3.97.